The number of ether oxygens (including phenoxy) is 2. The van der Waals surface area contributed by atoms with E-state index in [1.54, 1.807) is 29.2 Å². The van der Waals surface area contributed by atoms with Crippen LogP contribution < -0.4 is 10.1 Å². The van der Waals surface area contributed by atoms with E-state index in [-0.39, 0.29) is 55.9 Å². The molecule has 2 atom stereocenters. The average Bonchev–Trinajstić information content (AvgIpc) is 3.56. The number of aliphatic carboxylic acids is 1. The highest BCUT2D eigenvalue weighted by atomic mass is 19.1. The summed E-state index contributed by atoms with van der Waals surface area (Å²) in [6, 6.07) is 14.2. The number of halogens is 1. The SMILES string of the molecule is COc1cc(CC(=O)N2C[C@@H](F)C[C@H]2COC2CCC(C(=O)O)CC2)ccc1NC(=O)c1cc2ccccc2[nH]1. The van der Waals surface area contributed by atoms with Crippen LogP contribution in [0.2, 0.25) is 0 Å². The lowest BCUT2D eigenvalue weighted by Gasteiger charge is -2.29. The molecule has 5 rings (SSSR count). The molecule has 0 radical (unpaired) electrons. The number of anilines is 1. The monoisotopic (exact) mass is 551 g/mol. The number of nitrogens with one attached hydrogen (secondary N) is 2. The van der Waals surface area contributed by atoms with Crippen LogP contribution in [0.25, 0.3) is 10.9 Å². The first-order valence-corrected chi connectivity index (χ1v) is 13.6. The van der Waals surface area contributed by atoms with Gasteiger partial charge in [0.25, 0.3) is 5.91 Å². The van der Waals surface area contributed by atoms with Gasteiger partial charge in [0.15, 0.2) is 0 Å². The molecule has 0 spiro atoms. The van der Waals surface area contributed by atoms with Crippen LogP contribution in [0.5, 0.6) is 5.75 Å². The Morgan fingerprint density at radius 3 is 2.60 bits per heavy atom. The number of benzene rings is 2. The van der Waals surface area contributed by atoms with Crippen LogP contribution >= 0.6 is 0 Å². The van der Waals surface area contributed by atoms with Crippen LogP contribution in [0.3, 0.4) is 0 Å². The molecule has 1 aliphatic carbocycles. The first-order valence-electron chi connectivity index (χ1n) is 13.6. The highest BCUT2D eigenvalue weighted by Crippen LogP contribution is 2.30. The van der Waals surface area contributed by atoms with Crippen molar-refractivity contribution in [2.24, 2.45) is 5.92 Å². The number of likely N-dealkylation sites (tertiary alicyclic amines) is 1. The van der Waals surface area contributed by atoms with Crippen LogP contribution in [0.4, 0.5) is 10.1 Å². The Hall–Kier alpha value is -3.92. The third-order valence-electron chi connectivity index (χ3n) is 7.88. The smallest absolute Gasteiger partial charge is 0.306 e. The minimum atomic E-state index is -1.11. The van der Waals surface area contributed by atoms with Gasteiger partial charge >= 0.3 is 5.97 Å². The minimum Gasteiger partial charge on any atom is -0.495 e. The van der Waals surface area contributed by atoms with E-state index in [1.807, 2.05) is 24.3 Å². The van der Waals surface area contributed by atoms with Crippen molar-refractivity contribution in [3.8, 4) is 5.75 Å². The van der Waals surface area contributed by atoms with Gasteiger partial charge in [0.1, 0.15) is 17.6 Å². The number of carboxylic acids is 1. The lowest BCUT2D eigenvalue weighted by atomic mass is 9.87. The number of aromatic amines is 1. The largest absolute Gasteiger partial charge is 0.495 e. The number of nitrogens with zero attached hydrogens (tertiary/aromatic N) is 1. The molecule has 1 aromatic heterocycles. The molecule has 212 valence electrons. The van der Waals surface area contributed by atoms with Gasteiger partial charge in [-0.3, -0.25) is 14.4 Å². The first kappa shape index (κ1) is 27.6. The van der Waals surface area contributed by atoms with Crippen molar-refractivity contribution in [1.29, 1.82) is 0 Å². The third kappa shape index (κ3) is 6.28. The fourth-order valence-electron chi connectivity index (χ4n) is 5.66. The molecule has 1 aliphatic heterocycles. The quantitative estimate of drug-likeness (QED) is 0.358. The van der Waals surface area contributed by atoms with E-state index in [2.05, 4.69) is 10.3 Å². The molecule has 2 fully saturated rings. The van der Waals surface area contributed by atoms with Gasteiger partial charge in [-0.25, -0.2) is 4.39 Å². The second-order valence-electron chi connectivity index (χ2n) is 10.6. The molecule has 2 heterocycles. The molecule has 9 nitrogen and oxygen atoms in total. The van der Waals surface area contributed by atoms with Crippen molar-refractivity contribution >= 4 is 34.4 Å². The second-order valence-corrected chi connectivity index (χ2v) is 10.6. The third-order valence-corrected chi connectivity index (χ3v) is 7.88. The van der Waals surface area contributed by atoms with E-state index in [4.69, 9.17) is 9.47 Å². The Morgan fingerprint density at radius 2 is 1.88 bits per heavy atom. The topological polar surface area (TPSA) is 121 Å². The maximum Gasteiger partial charge on any atom is 0.306 e. The van der Waals surface area contributed by atoms with Crippen LogP contribution in [0, 0.1) is 5.92 Å². The Kier molecular flexibility index (Phi) is 8.35. The number of amides is 2. The van der Waals surface area contributed by atoms with E-state index >= 15 is 0 Å². The summed E-state index contributed by atoms with van der Waals surface area (Å²) in [5, 5.41) is 13.0. The van der Waals surface area contributed by atoms with Crippen LogP contribution in [0.15, 0.2) is 48.5 Å². The highest BCUT2D eigenvalue weighted by molar-refractivity contribution is 6.06. The number of hydrogen-bond acceptors (Lipinski definition) is 5. The Bertz CT molecular complexity index is 1350. The van der Waals surface area contributed by atoms with E-state index in [9.17, 15) is 23.9 Å². The molecule has 1 saturated carbocycles. The molecule has 40 heavy (non-hydrogen) atoms. The molecule has 0 unspecified atom stereocenters. The summed E-state index contributed by atoms with van der Waals surface area (Å²) in [4.78, 5) is 41.9. The maximum atomic E-state index is 14.4. The maximum absolute atomic E-state index is 14.4. The standard InChI is InChI=1S/C30H34FN3O6/c1-39-27-12-18(6-11-25(27)33-29(36)26-14-20-4-2-3-5-24(20)32-26)13-28(35)34-16-21(31)15-22(34)17-40-23-9-7-19(8-10-23)30(37)38/h2-6,11-12,14,19,21-23,32H,7-10,13,15-17H2,1H3,(H,33,36)(H,37,38)/t19?,21-,22-,23?/m0/s1. The summed E-state index contributed by atoms with van der Waals surface area (Å²) < 4.78 is 25.8. The van der Waals surface area contributed by atoms with Gasteiger partial charge < -0.3 is 29.8 Å². The Balaban J connectivity index is 1.19. The lowest BCUT2D eigenvalue weighted by molar-refractivity contribution is -0.144. The van der Waals surface area contributed by atoms with Gasteiger partial charge in [0.2, 0.25) is 5.91 Å². The van der Waals surface area contributed by atoms with E-state index < -0.39 is 12.1 Å². The number of carbonyl (C=O) groups excluding carboxylic acids is 2. The average molecular weight is 552 g/mol. The van der Waals surface area contributed by atoms with Crippen LogP contribution in [-0.4, -0.2) is 71.4 Å². The van der Waals surface area contributed by atoms with Crippen molar-refractivity contribution in [1.82, 2.24) is 9.88 Å². The first-order chi connectivity index (χ1) is 19.3. The summed E-state index contributed by atoms with van der Waals surface area (Å²) in [6.45, 7) is 0.255. The summed E-state index contributed by atoms with van der Waals surface area (Å²) in [6.07, 6.45) is 1.54. The van der Waals surface area contributed by atoms with Gasteiger partial charge in [-0.15, -0.1) is 0 Å². The number of para-hydroxylation sites is 1. The normalized spacial score (nSPS) is 22.8. The van der Waals surface area contributed by atoms with Gasteiger partial charge in [0, 0.05) is 17.3 Å². The highest BCUT2D eigenvalue weighted by Gasteiger charge is 2.36. The number of carboxylic acid groups (broad SMARTS) is 1. The van der Waals surface area contributed by atoms with Gasteiger partial charge in [0.05, 0.1) is 50.4 Å². The zero-order valence-electron chi connectivity index (χ0n) is 22.4. The molecular weight excluding hydrogens is 517 g/mol. The molecule has 3 N–H and O–H groups in total. The van der Waals surface area contributed by atoms with E-state index in [0.717, 1.165) is 10.9 Å². The summed E-state index contributed by atoms with van der Waals surface area (Å²) >= 11 is 0. The number of hydrogen-bond donors (Lipinski definition) is 3. The number of rotatable bonds is 9. The second kappa shape index (κ2) is 12.1. The predicted molar refractivity (Wildman–Crippen MR) is 147 cm³/mol. The fraction of sp³-hybridized carbons (Fsp3) is 0.433. The number of H-pyrrole nitrogens is 1. The summed E-state index contributed by atoms with van der Waals surface area (Å²) in [5.41, 5.74) is 2.43. The van der Waals surface area contributed by atoms with Crippen molar-refractivity contribution in [3.05, 3.63) is 59.8 Å². The van der Waals surface area contributed by atoms with Crippen molar-refractivity contribution in [2.75, 3.05) is 25.6 Å². The molecule has 2 amide bonds. The zero-order chi connectivity index (χ0) is 28.2. The van der Waals surface area contributed by atoms with Crippen LogP contribution in [0.1, 0.15) is 48.2 Å². The molecule has 2 aliphatic rings. The number of carbonyl (C=O) groups is 3. The van der Waals surface area contributed by atoms with Crippen molar-refractivity contribution in [3.63, 3.8) is 0 Å². The molecule has 3 aromatic rings. The Labute approximate surface area is 231 Å². The summed E-state index contributed by atoms with van der Waals surface area (Å²) in [5.74, 6) is -1.21. The number of alkyl halides is 1. The minimum absolute atomic E-state index is 0.0222. The number of methoxy groups -OCH3 is 1. The molecule has 10 heteroatoms. The summed E-state index contributed by atoms with van der Waals surface area (Å²) in [7, 11) is 1.49. The van der Waals surface area contributed by atoms with Crippen LogP contribution in [-0.2, 0) is 20.7 Å². The van der Waals surface area contributed by atoms with Gasteiger partial charge in [-0.05, 0) is 55.5 Å². The van der Waals surface area contributed by atoms with Gasteiger partial charge in [-0.2, -0.15) is 0 Å². The zero-order valence-corrected chi connectivity index (χ0v) is 22.4. The Morgan fingerprint density at radius 1 is 1.10 bits per heavy atom. The van der Waals surface area contributed by atoms with Crippen molar-refractivity contribution < 1.29 is 33.4 Å². The molecule has 0 bridgehead atoms. The van der Waals surface area contributed by atoms with Gasteiger partial charge in [-0.1, -0.05) is 24.3 Å². The lowest BCUT2D eigenvalue weighted by Crippen LogP contribution is -2.40. The van der Waals surface area contributed by atoms with E-state index in [1.165, 1.54) is 7.11 Å². The number of aromatic nitrogens is 1. The number of fused-ring (bicyclic) bond motifs is 1. The molecular formula is C30H34FN3O6. The molecule has 2 aromatic carbocycles. The van der Waals surface area contributed by atoms with Crippen molar-refractivity contribution in [2.45, 2.75) is 56.8 Å². The predicted octanol–water partition coefficient (Wildman–Crippen LogP) is 4.57. The fourth-order valence-corrected chi connectivity index (χ4v) is 5.66. The molecule has 1 saturated heterocycles. The van der Waals surface area contributed by atoms with E-state index in [0.29, 0.717) is 48.4 Å².